The second-order valence-corrected chi connectivity index (χ2v) is 8.45. The number of carbonyl (C=O) groups excluding carboxylic acids is 2. The minimum absolute atomic E-state index is 0.0134. The molecule has 1 saturated carbocycles. The van der Waals surface area contributed by atoms with Crippen molar-refractivity contribution in [1.29, 1.82) is 0 Å². The number of halogens is 1. The van der Waals surface area contributed by atoms with Crippen LogP contribution in [0.4, 0.5) is 5.69 Å². The quantitative estimate of drug-likeness (QED) is 0.526. The Morgan fingerprint density at radius 1 is 1.07 bits per heavy atom. The van der Waals surface area contributed by atoms with E-state index in [1.807, 2.05) is 60.7 Å². The SMILES string of the molecule is CN(CCOc1ccc(Br)cc1)C(=O)c1cc2ccccc2cc1NC(=O)C1CC1. The second-order valence-electron chi connectivity index (χ2n) is 7.54. The molecule has 1 aliphatic carbocycles. The van der Waals surface area contributed by atoms with Gasteiger partial charge in [0.05, 0.1) is 17.8 Å². The predicted molar refractivity (Wildman–Crippen MR) is 122 cm³/mol. The number of benzene rings is 3. The molecule has 0 aliphatic heterocycles. The Kier molecular flexibility index (Phi) is 6.04. The highest BCUT2D eigenvalue weighted by atomic mass is 79.9. The molecule has 30 heavy (non-hydrogen) atoms. The van der Waals surface area contributed by atoms with E-state index in [-0.39, 0.29) is 17.7 Å². The summed E-state index contributed by atoms with van der Waals surface area (Å²) in [6.07, 6.45) is 1.83. The molecule has 6 heteroatoms. The van der Waals surface area contributed by atoms with Gasteiger partial charge in [0.15, 0.2) is 0 Å². The number of anilines is 1. The van der Waals surface area contributed by atoms with Gasteiger partial charge < -0.3 is 15.0 Å². The van der Waals surface area contributed by atoms with Gasteiger partial charge in [0.2, 0.25) is 5.91 Å². The molecule has 0 bridgehead atoms. The van der Waals surface area contributed by atoms with Crippen LogP contribution in [0.3, 0.4) is 0 Å². The fraction of sp³-hybridized carbons (Fsp3) is 0.250. The first-order chi connectivity index (χ1) is 14.5. The zero-order chi connectivity index (χ0) is 21.1. The molecule has 3 aromatic rings. The molecular weight excluding hydrogens is 444 g/mol. The molecule has 1 fully saturated rings. The maximum absolute atomic E-state index is 13.2. The van der Waals surface area contributed by atoms with Crippen molar-refractivity contribution in [1.82, 2.24) is 4.90 Å². The van der Waals surface area contributed by atoms with Crippen molar-refractivity contribution in [3.8, 4) is 5.75 Å². The Morgan fingerprint density at radius 2 is 1.73 bits per heavy atom. The number of nitrogens with zero attached hydrogens (tertiary/aromatic N) is 1. The molecular formula is C24H23BrN2O3. The first-order valence-electron chi connectivity index (χ1n) is 9.99. The minimum Gasteiger partial charge on any atom is -0.492 e. The van der Waals surface area contributed by atoms with E-state index in [4.69, 9.17) is 4.74 Å². The number of fused-ring (bicyclic) bond motifs is 1. The van der Waals surface area contributed by atoms with Crippen LogP contribution in [0.15, 0.2) is 65.1 Å². The van der Waals surface area contributed by atoms with Gasteiger partial charge in [0.25, 0.3) is 5.91 Å². The lowest BCUT2D eigenvalue weighted by Crippen LogP contribution is -2.31. The normalized spacial score (nSPS) is 13.1. The zero-order valence-corrected chi connectivity index (χ0v) is 18.3. The molecule has 1 N–H and O–H groups in total. The van der Waals surface area contributed by atoms with Crippen LogP contribution in [0, 0.1) is 5.92 Å². The van der Waals surface area contributed by atoms with Gasteiger partial charge in [-0.05, 0) is 60.0 Å². The van der Waals surface area contributed by atoms with Crippen LogP contribution >= 0.6 is 15.9 Å². The number of likely N-dealkylation sites (N-methyl/N-ethyl adjacent to an activating group) is 1. The molecule has 5 nitrogen and oxygen atoms in total. The summed E-state index contributed by atoms with van der Waals surface area (Å²) in [5.41, 5.74) is 1.06. The minimum atomic E-state index is -0.147. The molecule has 0 heterocycles. The van der Waals surface area contributed by atoms with Gasteiger partial charge in [-0.25, -0.2) is 0 Å². The Hall–Kier alpha value is -2.86. The molecule has 3 aromatic carbocycles. The number of rotatable bonds is 7. The Labute approximate surface area is 184 Å². The van der Waals surface area contributed by atoms with Crippen molar-refractivity contribution in [3.05, 3.63) is 70.7 Å². The first kappa shape index (κ1) is 20.4. The highest BCUT2D eigenvalue weighted by molar-refractivity contribution is 9.10. The molecule has 0 aromatic heterocycles. The third kappa shape index (κ3) is 4.82. The highest BCUT2D eigenvalue weighted by Gasteiger charge is 2.30. The summed E-state index contributed by atoms with van der Waals surface area (Å²) in [6.45, 7) is 0.805. The fourth-order valence-electron chi connectivity index (χ4n) is 3.24. The standard InChI is InChI=1S/C24H23BrN2O3/c1-27(12-13-30-20-10-8-19(25)9-11-20)24(29)21-14-17-4-2-3-5-18(17)15-22(21)26-23(28)16-6-7-16/h2-5,8-11,14-16H,6-7,12-13H2,1H3,(H,26,28). The predicted octanol–water partition coefficient (Wildman–Crippen LogP) is 5.10. The molecule has 1 aliphatic rings. The summed E-state index contributed by atoms with van der Waals surface area (Å²) in [6, 6.07) is 19.1. The Balaban J connectivity index is 1.49. The van der Waals surface area contributed by atoms with Crippen LogP contribution in [-0.2, 0) is 4.79 Å². The molecule has 0 atom stereocenters. The van der Waals surface area contributed by atoms with E-state index in [0.29, 0.717) is 24.4 Å². The van der Waals surface area contributed by atoms with Crippen molar-refractivity contribution >= 4 is 44.2 Å². The number of carbonyl (C=O) groups is 2. The molecule has 0 spiro atoms. The number of ether oxygens (including phenoxy) is 1. The number of hydrogen-bond donors (Lipinski definition) is 1. The summed E-state index contributed by atoms with van der Waals surface area (Å²) >= 11 is 3.40. The van der Waals surface area contributed by atoms with E-state index in [9.17, 15) is 9.59 Å². The monoisotopic (exact) mass is 466 g/mol. The van der Waals surface area contributed by atoms with Crippen LogP contribution in [0.1, 0.15) is 23.2 Å². The molecule has 0 saturated heterocycles. The Bertz CT molecular complexity index is 1080. The third-order valence-corrected chi connectivity index (χ3v) is 5.71. The smallest absolute Gasteiger partial charge is 0.255 e. The van der Waals surface area contributed by atoms with E-state index in [2.05, 4.69) is 21.2 Å². The summed E-state index contributed by atoms with van der Waals surface area (Å²) in [5.74, 6) is 0.658. The molecule has 154 valence electrons. The van der Waals surface area contributed by atoms with E-state index in [1.165, 1.54) is 0 Å². The lowest BCUT2D eigenvalue weighted by Gasteiger charge is -2.20. The van der Waals surface area contributed by atoms with Gasteiger partial charge in [-0.2, -0.15) is 0 Å². The zero-order valence-electron chi connectivity index (χ0n) is 16.7. The van der Waals surface area contributed by atoms with Crippen molar-refractivity contribution in [2.45, 2.75) is 12.8 Å². The Morgan fingerprint density at radius 3 is 2.40 bits per heavy atom. The molecule has 4 rings (SSSR count). The van der Waals surface area contributed by atoms with Crippen LogP contribution in [0.25, 0.3) is 10.8 Å². The van der Waals surface area contributed by atoms with Gasteiger partial charge >= 0.3 is 0 Å². The van der Waals surface area contributed by atoms with E-state index in [1.54, 1.807) is 11.9 Å². The number of amides is 2. The lowest BCUT2D eigenvalue weighted by atomic mass is 10.0. The lowest BCUT2D eigenvalue weighted by molar-refractivity contribution is -0.117. The van der Waals surface area contributed by atoms with Crippen molar-refractivity contribution in [2.75, 3.05) is 25.5 Å². The highest BCUT2D eigenvalue weighted by Crippen LogP contribution is 2.32. The number of nitrogens with one attached hydrogen (secondary N) is 1. The van der Waals surface area contributed by atoms with Gasteiger partial charge in [-0.1, -0.05) is 40.2 Å². The molecule has 2 amide bonds. The van der Waals surface area contributed by atoms with Gasteiger partial charge in [-0.3, -0.25) is 9.59 Å². The maximum Gasteiger partial charge on any atom is 0.255 e. The maximum atomic E-state index is 13.2. The van der Waals surface area contributed by atoms with Gasteiger partial charge in [0.1, 0.15) is 12.4 Å². The third-order valence-electron chi connectivity index (χ3n) is 5.18. The molecule has 0 radical (unpaired) electrons. The van der Waals surface area contributed by atoms with Crippen molar-refractivity contribution < 1.29 is 14.3 Å². The first-order valence-corrected chi connectivity index (χ1v) is 10.8. The summed E-state index contributed by atoms with van der Waals surface area (Å²) in [4.78, 5) is 27.1. The average Bonchev–Trinajstić information content (AvgIpc) is 3.59. The van der Waals surface area contributed by atoms with Gasteiger partial charge in [-0.15, -0.1) is 0 Å². The summed E-state index contributed by atoms with van der Waals surface area (Å²) in [5, 5.41) is 4.92. The van der Waals surface area contributed by atoms with E-state index >= 15 is 0 Å². The topological polar surface area (TPSA) is 58.6 Å². The van der Waals surface area contributed by atoms with Gasteiger partial charge in [0, 0.05) is 17.4 Å². The largest absolute Gasteiger partial charge is 0.492 e. The van der Waals surface area contributed by atoms with E-state index < -0.39 is 0 Å². The summed E-state index contributed by atoms with van der Waals surface area (Å²) < 4.78 is 6.72. The summed E-state index contributed by atoms with van der Waals surface area (Å²) in [7, 11) is 1.74. The average molecular weight is 467 g/mol. The van der Waals surface area contributed by atoms with Crippen LogP contribution in [0.5, 0.6) is 5.75 Å². The van der Waals surface area contributed by atoms with Crippen LogP contribution < -0.4 is 10.1 Å². The second kappa shape index (κ2) is 8.88. The number of hydrogen-bond acceptors (Lipinski definition) is 3. The van der Waals surface area contributed by atoms with Crippen molar-refractivity contribution in [2.24, 2.45) is 5.92 Å². The molecule has 0 unspecified atom stereocenters. The van der Waals surface area contributed by atoms with Crippen LogP contribution in [0.2, 0.25) is 0 Å². The fourth-order valence-corrected chi connectivity index (χ4v) is 3.50. The van der Waals surface area contributed by atoms with E-state index in [0.717, 1.165) is 33.8 Å². The van der Waals surface area contributed by atoms with Crippen LogP contribution in [-0.4, -0.2) is 36.9 Å². The van der Waals surface area contributed by atoms with Crippen molar-refractivity contribution in [3.63, 3.8) is 0 Å².